The zero-order valence-electron chi connectivity index (χ0n) is 16.3. The summed E-state index contributed by atoms with van der Waals surface area (Å²) in [5.41, 5.74) is 2.03. The number of furan rings is 1. The van der Waals surface area contributed by atoms with E-state index in [2.05, 4.69) is 0 Å². The number of esters is 1. The predicted octanol–water partition coefficient (Wildman–Crippen LogP) is 6.39. The van der Waals surface area contributed by atoms with Crippen molar-refractivity contribution in [1.29, 1.82) is 0 Å². The lowest BCUT2D eigenvalue weighted by Crippen LogP contribution is -2.09. The van der Waals surface area contributed by atoms with Gasteiger partial charge in [-0.2, -0.15) is 0 Å². The number of hydrogen-bond acceptors (Lipinski definition) is 5. The summed E-state index contributed by atoms with van der Waals surface area (Å²) < 4.78 is 16.9. The number of hydrogen-bond donors (Lipinski definition) is 0. The van der Waals surface area contributed by atoms with Gasteiger partial charge in [-0.25, -0.2) is 4.79 Å². The second-order valence-corrected chi connectivity index (χ2v) is 7.51. The molecule has 0 aliphatic heterocycles. The van der Waals surface area contributed by atoms with Crippen LogP contribution in [0.1, 0.15) is 16.3 Å². The van der Waals surface area contributed by atoms with Crippen LogP contribution in [0, 0.1) is 6.92 Å². The summed E-state index contributed by atoms with van der Waals surface area (Å²) in [6, 6.07) is 20.7. The van der Waals surface area contributed by atoms with E-state index in [0.717, 1.165) is 5.56 Å². The largest absolute Gasteiger partial charge is 0.460 e. The molecule has 3 aromatic carbocycles. The standard InChI is InChI=1S/C25H15ClO5/c1-14-23(15-5-3-2-4-6-15)24(27)19-9-8-18(13-21(19)29-14)30-25(28)22-12-16-11-17(26)7-10-20(16)31-22/h2-13H,1H3. The fraction of sp³-hybridized carbons (Fsp3) is 0.0400. The lowest BCUT2D eigenvalue weighted by Gasteiger charge is -2.08. The summed E-state index contributed by atoms with van der Waals surface area (Å²) >= 11 is 5.97. The summed E-state index contributed by atoms with van der Waals surface area (Å²) in [4.78, 5) is 25.6. The molecule has 0 saturated heterocycles. The van der Waals surface area contributed by atoms with Gasteiger partial charge in [-0.05, 0) is 48.9 Å². The highest BCUT2D eigenvalue weighted by Crippen LogP contribution is 2.28. The number of ether oxygens (including phenoxy) is 1. The SMILES string of the molecule is Cc1oc2cc(OC(=O)c3cc4cc(Cl)ccc4o3)ccc2c(=O)c1-c1ccccc1. The molecular formula is C25H15ClO5. The number of rotatable bonds is 3. The van der Waals surface area contributed by atoms with Gasteiger partial charge in [0, 0.05) is 16.5 Å². The first-order valence-corrected chi connectivity index (χ1v) is 9.91. The number of carbonyl (C=O) groups excluding carboxylic acids is 1. The number of fused-ring (bicyclic) bond motifs is 2. The molecule has 0 bridgehead atoms. The first-order chi connectivity index (χ1) is 15.0. The fourth-order valence-electron chi connectivity index (χ4n) is 3.56. The van der Waals surface area contributed by atoms with E-state index in [1.807, 2.05) is 30.3 Å². The Bertz CT molecular complexity index is 1510. The number of benzene rings is 3. The minimum Gasteiger partial charge on any atom is -0.460 e. The van der Waals surface area contributed by atoms with E-state index in [4.69, 9.17) is 25.2 Å². The summed E-state index contributed by atoms with van der Waals surface area (Å²) in [5.74, 6) is 0.119. The van der Waals surface area contributed by atoms with Gasteiger partial charge in [0.1, 0.15) is 22.7 Å². The first-order valence-electron chi connectivity index (χ1n) is 9.54. The topological polar surface area (TPSA) is 69.7 Å². The van der Waals surface area contributed by atoms with Gasteiger partial charge in [0.15, 0.2) is 0 Å². The van der Waals surface area contributed by atoms with E-state index in [1.54, 1.807) is 43.3 Å². The molecule has 5 rings (SSSR count). The van der Waals surface area contributed by atoms with Crippen LogP contribution in [-0.4, -0.2) is 5.97 Å². The van der Waals surface area contributed by atoms with E-state index in [0.29, 0.717) is 38.3 Å². The number of carbonyl (C=O) groups is 1. The van der Waals surface area contributed by atoms with Gasteiger partial charge in [-0.3, -0.25) is 4.79 Å². The molecule has 6 heteroatoms. The molecule has 5 nitrogen and oxygen atoms in total. The molecule has 0 fully saturated rings. The average molecular weight is 431 g/mol. The molecule has 0 radical (unpaired) electrons. The third kappa shape index (κ3) is 3.49. The maximum Gasteiger partial charge on any atom is 0.379 e. The van der Waals surface area contributed by atoms with Crippen molar-refractivity contribution < 1.29 is 18.4 Å². The van der Waals surface area contributed by atoms with Crippen LogP contribution in [0.3, 0.4) is 0 Å². The van der Waals surface area contributed by atoms with Crippen LogP contribution < -0.4 is 10.2 Å². The zero-order valence-corrected chi connectivity index (χ0v) is 17.1. The third-order valence-corrected chi connectivity index (χ3v) is 5.23. The van der Waals surface area contributed by atoms with Gasteiger partial charge < -0.3 is 13.6 Å². The lowest BCUT2D eigenvalue weighted by atomic mass is 10.0. The van der Waals surface area contributed by atoms with Crippen LogP contribution in [0.25, 0.3) is 33.1 Å². The molecule has 0 aliphatic carbocycles. The molecule has 2 heterocycles. The summed E-state index contributed by atoms with van der Waals surface area (Å²) in [5, 5.41) is 1.65. The highest BCUT2D eigenvalue weighted by Gasteiger charge is 2.17. The van der Waals surface area contributed by atoms with Gasteiger partial charge in [0.2, 0.25) is 11.2 Å². The van der Waals surface area contributed by atoms with Crippen molar-refractivity contribution in [3.8, 4) is 16.9 Å². The van der Waals surface area contributed by atoms with Crippen LogP contribution in [-0.2, 0) is 0 Å². The molecule has 0 amide bonds. The molecule has 31 heavy (non-hydrogen) atoms. The van der Waals surface area contributed by atoms with Crippen LogP contribution in [0.15, 0.2) is 86.4 Å². The minimum atomic E-state index is -0.661. The van der Waals surface area contributed by atoms with Crippen molar-refractivity contribution in [2.45, 2.75) is 6.92 Å². The Balaban J connectivity index is 1.49. The lowest BCUT2D eigenvalue weighted by molar-refractivity contribution is 0.0704. The van der Waals surface area contributed by atoms with Gasteiger partial charge in [0.25, 0.3) is 0 Å². The van der Waals surface area contributed by atoms with E-state index in [9.17, 15) is 9.59 Å². The van der Waals surface area contributed by atoms with Crippen molar-refractivity contribution in [2.24, 2.45) is 0 Å². The molecule has 2 aromatic heterocycles. The Hall–Kier alpha value is -3.83. The molecule has 0 N–H and O–H groups in total. The highest BCUT2D eigenvalue weighted by molar-refractivity contribution is 6.31. The predicted molar refractivity (Wildman–Crippen MR) is 119 cm³/mol. The van der Waals surface area contributed by atoms with Crippen LogP contribution >= 0.6 is 11.6 Å². The molecule has 152 valence electrons. The monoisotopic (exact) mass is 430 g/mol. The smallest absolute Gasteiger partial charge is 0.379 e. The minimum absolute atomic E-state index is 0.0504. The Morgan fingerprint density at radius 2 is 1.71 bits per heavy atom. The van der Waals surface area contributed by atoms with Crippen molar-refractivity contribution in [3.63, 3.8) is 0 Å². The van der Waals surface area contributed by atoms with E-state index >= 15 is 0 Å². The third-order valence-electron chi connectivity index (χ3n) is 4.99. The Morgan fingerprint density at radius 3 is 2.52 bits per heavy atom. The highest BCUT2D eigenvalue weighted by atomic mass is 35.5. The Morgan fingerprint density at radius 1 is 0.903 bits per heavy atom. The Kier molecular flexibility index (Phi) is 4.60. The Labute approximate surface area is 181 Å². The van der Waals surface area contributed by atoms with Crippen molar-refractivity contribution in [3.05, 3.63) is 99.6 Å². The van der Waals surface area contributed by atoms with Crippen LogP contribution in [0.5, 0.6) is 5.75 Å². The molecule has 0 aliphatic rings. The van der Waals surface area contributed by atoms with Crippen LogP contribution in [0.4, 0.5) is 0 Å². The van der Waals surface area contributed by atoms with E-state index < -0.39 is 5.97 Å². The normalized spacial score (nSPS) is 11.2. The quantitative estimate of drug-likeness (QED) is 0.245. The first kappa shape index (κ1) is 19.2. The maximum atomic E-state index is 13.0. The van der Waals surface area contributed by atoms with Crippen LogP contribution in [0.2, 0.25) is 5.02 Å². The fourth-order valence-corrected chi connectivity index (χ4v) is 3.74. The molecule has 0 spiro atoms. The maximum absolute atomic E-state index is 13.0. The van der Waals surface area contributed by atoms with E-state index in [-0.39, 0.29) is 16.9 Å². The summed E-state index contributed by atoms with van der Waals surface area (Å²) in [6.45, 7) is 1.74. The number of aryl methyl sites for hydroxylation is 1. The van der Waals surface area contributed by atoms with Gasteiger partial charge in [0.05, 0.1) is 10.9 Å². The second-order valence-electron chi connectivity index (χ2n) is 7.07. The van der Waals surface area contributed by atoms with Crippen molar-refractivity contribution in [2.75, 3.05) is 0 Å². The van der Waals surface area contributed by atoms with Crippen molar-refractivity contribution >= 4 is 39.5 Å². The molecule has 5 aromatic rings. The number of halogens is 1. The second kappa shape index (κ2) is 7.45. The van der Waals surface area contributed by atoms with Gasteiger partial charge in [-0.1, -0.05) is 41.9 Å². The molecule has 0 saturated carbocycles. The van der Waals surface area contributed by atoms with Gasteiger partial charge >= 0.3 is 5.97 Å². The molecule has 0 atom stereocenters. The molecule has 0 unspecified atom stereocenters. The van der Waals surface area contributed by atoms with Gasteiger partial charge in [-0.15, -0.1) is 0 Å². The average Bonchev–Trinajstić information content (AvgIpc) is 3.18. The summed E-state index contributed by atoms with van der Waals surface area (Å²) in [6.07, 6.45) is 0. The molecular weight excluding hydrogens is 416 g/mol. The zero-order chi connectivity index (χ0) is 21.5. The van der Waals surface area contributed by atoms with E-state index in [1.165, 1.54) is 6.07 Å². The van der Waals surface area contributed by atoms with Crippen molar-refractivity contribution in [1.82, 2.24) is 0 Å². The summed E-state index contributed by atoms with van der Waals surface area (Å²) in [7, 11) is 0.